The fourth-order valence-electron chi connectivity index (χ4n) is 2.86. The molecule has 1 atom stereocenters. The van der Waals surface area contributed by atoms with Crippen LogP contribution in [0.5, 0.6) is 0 Å². The highest BCUT2D eigenvalue weighted by Gasteiger charge is 2.25. The molecule has 6 heteroatoms. The van der Waals surface area contributed by atoms with Crippen LogP contribution in [0, 0.1) is 17.6 Å². The summed E-state index contributed by atoms with van der Waals surface area (Å²) in [6, 6.07) is 2.79. The minimum absolute atomic E-state index is 0.00892. The van der Waals surface area contributed by atoms with Gasteiger partial charge in [0.05, 0.1) is 11.7 Å². The van der Waals surface area contributed by atoms with E-state index in [9.17, 15) is 23.5 Å². The normalized spacial score (nSPS) is 17.1. The fraction of sp³-hybridized carbons (Fsp3) is 0.529. The standard InChI is InChI=1S/C17H21F2NO3/c1-11(21)12-6-8-20(9-7-12)17(23)5-4-16(22)14-3-2-13(18)10-15(14)19/h2-3,10-12,21H,4-9H2,1H3. The van der Waals surface area contributed by atoms with E-state index in [0.717, 1.165) is 25.0 Å². The van der Waals surface area contributed by atoms with E-state index < -0.39 is 17.4 Å². The van der Waals surface area contributed by atoms with Gasteiger partial charge in [-0.05, 0) is 37.8 Å². The molecule has 0 saturated carbocycles. The number of Topliss-reactive ketones (excluding diaryl/α,β-unsaturated/α-hetero) is 1. The predicted molar refractivity (Wildman–Crippen MR) is 80.9 cm³/mol. The van der Waals surface area contributed by atoms with E-state index in [1.807, 2.05) is 0 Å². The molecule has 0 bridgehead atoms. The number of aliphatic hydroxyl groups is 1. The lowest BCUT2D eigenvalue weighted by Gasteiger charge is -2.33. The number of carbonyl (C=O) groups excluding carboxylic acids is 2. The third kappa shape index (κ3) is 4.58. The molecule has 0 aromatic heterocycles. The van der Waals surface area contributed by atoms with Gasteiger partial charge in [-0.1, -0.05) is 0 Å². The molecule has 1 aromatic carbocycles. The highest BCUT2D eigenvalue weighted by molar-refractivity contribution is 5.98. The lowest BCUT2D eigenvalue weighted by Crippen LogP contribution is -2.40. The van der Waals surface area contributed by atoms with Crippen molar-refractivity contribution in [3.63, 3.8) is 0 Å². The Morgan fingerprint density at radius 3 is 2.48 bits per heavy atom. The van der Waals surface area contributed by atoms with Crippen LogP contribution in [-0.2, 0) is 4.79 Å². The summed E-state index contributed by atoms with van der Waals surface area (Å²) >= 11 is 0. The van der Waals surface area contributed by atoms with Gasteiger partial charge in [-0.15, -0.1) is 0 Å². The van der Waals surface area contributed by atoms with Crippen LogP contribution in [0.25, 0.3) is 0 Å². The van der Waals surface area contributed by atoms with Crippen molar-refractivity contribution in [1.82, 2.24) is 4.90 Å². The third-order valence-corrected chi connectivity index (χ3v) is 4.37. The molecular weight excluding hydrogens is 304 g/mol. The van der Waals surface area contributed by atoms with E-state index in [4.69, 9.17) is 0 Å². The van der Waals surface area contributed by atoms with Crippen LogP contribution < -0.4 is 0 Å². The van der Waals surface area contributed by atoms with E-state index in [-0.39, 0.29) is 36.3 Å². The zero-order valence-corrected chi connectivity index (χ0v) is 13.1. The first-order valence-electron chi connectivity index (χ1n) is 7.82. The lowest BCUT2D eigenvalue weighted by atomic mass is 9.92. The summed E-state index contributed by atoms with van der Waals surface area (Å²) < 4.78 is 26.3. The van der Waals surface area contributed by atoms with Gasteiger partial charge < -0.3 is 10.0 Å². The van der Waals surface area contributed by atoms with Gasteiger partial charge in [0.2, 0.25) is 5.91 Å². The first-order valence-corrected chi connectivity index (χ1v) is 7.82. The largest absolute Gasteiger partial charge is 0.393 e. The summed E-state index contributed by atoms with van der Waals surface area (Å²) in [4.78, 5) is 25.7. The number of rotatable bonds is 5. The Balaban J connectivity index is 1.84. The second-order valence-corrected chi connectivity index (χ2v) is 6.01. The molecule has 1 aromatic rings. The average Bonchev–Trinajstić information content (AvgIpc) is 2.52. The molecular formula is C17H21F2NO3. The van der Waals surface area contributed by atoms with Crippen molar-refractivity contribution in [2.75, 3.05) is 13.1 Å². The molecule has 0 aliphatic carbocycles. The molecule has 1 aliphatic heterocycles. The summed E-state index contributed by atoms with van der Waals surface area (Å²) in [6.07, 6.45) is 1.01. The zero-order chi connectivity index (χ0) is 17.0. The maximum absolute atomic E-state index is 13.5. The molecule has 1 heterocycles. The van der Waals surface area contributed by atoms with Gasteiger partial charge in [0.1, 0.15) is 11.6 Å². The first-order chi connectivity index (χ1) is 10.9. The topological polar surface area (TPSA) is 57.6 Å². The fourth-order valence-corrected chi connectivity index (χ4v) is 2.86. The molecule has 1 unspecified atom stereocenters. The minimum atomic E-state index is -0.903. The van der Waals surface area contributed by atoms with E-state index in [0.29, 0.717) is 19.2 Å². The molecule has 126 valence electrons. The van der Waals surface area contributed by atoms with Crippen LogP contribution in [0.2, 0.25) is 0 Å². The summed E-state index contributed by atoms with van der Waals surface area (Å²) in [6.45, 7) is 2.87. The lowest BCUT2D eigenvalue weighted by molar-refractivity contribution is -0.133. The Bertz CT molecular complexity index is 581. The molecule has 1 aliphatic rings. The predicted octanol–water partition coefficient (Wildman–Crippen LogP) is 2.55. The monoisotopic (exact) mass is 325 g/mol. The minimum Gasteiger partial charge on any atom is -0.393 e. The Labute approximate surface area is 134 Å². The number of ketones is 1. The Kier molecular flexibility index (Phi) is 5.82. The molecule has 1 saturated heterocycles. The highest BCUT2D eigenvalue weighted by Crippen LogP contribution is 2.21. The summed E-state index contributed by atoms with van der Waals surface area (Å²) in [5, 5.41) is 9.54. The molecule has 0 radical (unpaired) electrons. The number of hydrogen-bond donors (Lipinski definition) is 1. The van der Waals surface area contributed by atoms with Crippen LogP contribution in [0.1, 0.15) is 43.0 Å². The van der Waals surface area contributed by atoms with Crippen LogP contribution in [-0.4, -0.2) is 40.9 Å². The van der Waals surface area contributed by atoms with Crippen molar-refractivity contribution < 1.29 is 23.5 Å². The molecule has 1 fully saturated rings. The molecule has 1 N–H and O–H groups in total. The molecule has 1 amide bonds. The summed E-state index contributed by atoms with van der Waals surface area (Å²) in [7, 11) is 0. The molecule has 2 rings (SSSR count). The number of benzene rings is 1. The van der Waals surface area contributed by atoms with Crippen LogP contribution in [0.3, 0.4) is 0 Å². The van der Waals surface area contributed by atoms with Gasteiger partial charge >= 0.3 is 0 Å². The number of piperidine rings is 1. The van der Waals surface area contributed by atoms with Crippen molar-refractivity contribution >= 4 is 11.7 Å². The van der Waals surface area contributed by atoms with Crippen molar-refractivity contribution in [3.8, 4) is 0 Å². The summed E-state index contributed by atoms with van der Waals surface area (Å²) in [5.74, 6) is -2.09. The van der Waals surface area contributed by atoms with Crippen molar-refractivity contribution in [1.29, 1.82) is 0 Å². The SMILES string of the molecule is CC(O)C1CCN(C(=O)CCC(=O)c2ccc(F)cc2F)CC1. The van der Waals surface area contributed by atoms with Crippen LogP contribution >= 0.6 is 0 Å². The summed E-state index contributed by atoms with van der Waals surface area (Å²) in [5.41, 5.74) is -0.188. The number of halogens is 2. The smallest absolute Gasteiger partial charge is 0.223 e. The Morgan fingerprint density at radius 1 is 1.26 bits per heavy atom. The number of aliphatic hydroxyl groups excluding tert-OH is 1. The average molecular weight is 325 g/mol. The van der Waals surface area contributed by atoms with Gasteiger partial charge in [0.25, 0.3) is 0 Å². The Morgan fingerprint density at radius 2 is 1.91 bits per heavy atom. The maximum atomic E-state index is 13.5. The molecule has 23 heavy (non-hydrogen) atoms. The number of amides is 1. The number of hydrogen-bond acceptors (Lipinski definition) is 3. The van der Waals surface area contributed by atoms with E-state index in [1.54, 1.807) is 11.8 Å². The van der Waals surface area contributed by atoms with Crippen molar-refractivity contribution in [3.05, 3.63) is 35.4 Å². The van der Waals surface area contributed by atoms with Crippen molar-refractivity contribution in [2.45, 2.75) is 38.7 Å². The van der Waals surface area contributed by atoms with Gasteiger partial charge in [0, 0.05) is 32.0 Å². The zero-order valence-electron chi connectivity index (χ0n) is 13.1. The third-order valence-electron chi connectivity index (χ3n) is 4.37. The van der Waals surface area contributed by atoms with Crippen molar-refractivity contribution in [2.24, 2.45) is 5.92 Å². The maximum Gasteiger partial charge on any atom is 0.223 e. The second-order valence-electron chi connectivity index (χ2n) is 6.01. The molecule has 0 spiro atoms. The van der Waals surface area contributed by atoms with Crippen LogP contribution in [0.4, 0.5) is 8.78 Å². The number of carbonyl (C=O) groups is 2. The van der Waals surface area contributed by atoms with Gasteiger partial charge in [-0.25, -0.2) is 8.78 Å². The molecule has 4 nitrogen and oxygen atoms in total. The quantitative estimate of drug-likeness (QED) is 0.847. The van der Waals surface area contributed by atoms with E-state index in [2.05, 4.69) is 0 Å². The number of likely N-dealkylation sites (tertiary alicyclic amines) is 1. The second kappa shape index (κ2) is 7.64. The van der Waals surface area contributed by atoms with Gasteiger partial charge in [-0.3, -0.25) is 9.59 Å². The van der Waals surface area contributed by atoms with Gasteiger partial charge in [-0.2, -0.15) is 0 Å². The van der Waals surface area contributed by atoms with E-state index in [1.165, 1.54) is 0 Å². The first kappa shape index (κ1) is 17.5. The van der Waals surface area contributed by atoms with Crippen LogP contribution in [0.15, 0.2) is 18.2 Å². The van der Waals surface area contributed by atoms with Gasteiger partial charge in [0.15, 0.2) is 5.78 Å². The highest BCUT2D eigenvalue weighted by atomic mass is 19.1. The van der Waals surface area contributed by atoms with E-state index >= 15 is 0 Å². The number of nitrogens with zero attached hydrogens (tertiary/aromatic N) is 1. The Hall–Kier alpha value is -1.82.